The van der Waals surface area contributed by atoms with Gasteiger partial charge in [-0.05, 0) is 44.9 Å². The summed E-state index contributed by atoms with van der Waals surface area (Å²) in [4.78, 5) is 5.95. The van der Waals surface area contributed by atoms with E-state index in [2.05, 4.69) is 15.5 Å². The number of halogens is 1. The number of oxime groups is 1. The first-order chi connectivity index (χ1) is 13.3. The molecular weight excluding hydrogens is 388 g/mol. The molecule has 4 rings (SSSR count). The number of nitrogens with zero attached hydrogens (tertiary/aromatic N) is 3. The van der Waals surface area contributed by atoms with Gasteiger partial charge in [0.1, 0.15) is 24.0 Å². The van der Waals surface area contributed by atoms with Crippen LogP contribution < -0.4 is 5.32 Å². The maximum absolute atomic E-state index is 11.0. The van der Waals surface area contributed by atoms with E-state index in [-0.39, 0.29) is 23.4 Å². The highest BCUT2D eigenvalue weighted by Crippen LogP contribution is 2.42. The van der Waals surface area contributed by atoms with E-state index in [1.54, 1.807) is 0 Å². The maximum atomic E-state index is 11.0. The third kappa shape index (κ3) is 3.32. The molecule has 3 fully saturated rings. The van der Waals surface area contributed by atoms with Gasteiger partial charge in [-0.2, -0.15) is 0 Å². The van der Waals surface area contributed by atoms with Crippen molar-refractivity contribution in [1.29, 1.82) is 0 Å². The molecule has 0 amide bonds. The average Bonchev–Trinajstić information content (AvgIpc) is 3.21. The Balaban J connectivity index is 1.50. The lowest BCUT2D eigenvalue weighted by atomic mass is 9.79. The highest BCUT2D eigenvalue weighted by atomic mass is 35.5. The molecule has 3 aliphatic heterocycles. The Bertz CT molecular complexity index is 639. The zero-order valence-electron chi connectivity index (χ0n) is 15.9. The number of aliphatic hydroxyl groups excluding tert-OH is 2. The fourth-order valence-corrected chi connectivity index (χ4v) is 5.38. The number of alkyl halides is 1. The van der Waals surface area contributed by atoms with Gasteiger partial charge in [-0.25, -0.2) is 4.99 Å². The molecular formula is C18H29ClN4O5. The SMILES string of the molecule is C[C@@]1(O)[C@@H]([C@H](O)C2CCC(Cl)CC2)O[C@@H](N2CCC3/C(=N/O)N=CNC32)[C@@H]1O. The molecule has 28 heavy (non-hydrogen) atoms. The smallest absolute Gasteiger partial charge is 0.175 e. The zero-order chi connectivity index (χ0) is 20.1. The largest absolute Gasteiger partial charge is 0.409 e. The molecule has 7 atom stereocenters. The van der Waals surface area contributed by atoms with E-state index >= 15 is 0 Å². The van der Waals surface area contributed by atoms with E-state index in [9.17, 15) is 15.3 Å². The van der Waals surface area contributed by atoms with Crippen LogP contribution in [0.5, 0.6) is 0 Å². The molecule has 4 aliphatic rings. The quantitative estimate of drug-likeness (QED) is 0.249. The summed E-state index contributed by atoms with van der Waals surface area (Å²) in [5.74, 6) is 0.176. The summed E-state index contributed by atoms with van der Waals surface area (Å²) >= 11 is 6.17. The number of hydrogen-bond donors (Lipinski definition) is 5. The number of aliphatic imine (C=N–C) groups is 1. The molecule has 9 nitrogen and oxygen atoms in total. The second kappa shape index (κ2) is 7.70. The van der Waals surface area contributed by atoms with Gasteiger partial charge < -0.3 is 30.6 Å². The van der Waals surface area contributed by atoms with Crippen LogP contribution in [0.3, 0.4) is 0 Å². The predicted octanol–water partition coefficient (Wildman–Crippen LogP) is 0.0489. The van der Waals surface area contributed by atoms with Crippen LogP contribution in [0.25, 0.3) is 0 Å². The third-order valence-corrected chi connectivity index (χ3v) is 7.30. The van der Waals surface area contributed by atoms with Gasteiger partial charge in [-0.15, -0.1) is 11.6 Å². The fourth-order valence-electron chi connectivity index (χ4n) is 5.13. The molecule has 158 valence electrons. The normalized spacial score (nSPS) is 49.2. The number of ether oxygens (including phenoxy) is 1. The molecule has 0 spiro atoms. The Labute approximate surface area is 169 Å². The first kappa shape index (κ1) is 20.3. The van der Waals surface area contributed by atoms with Gasteiger partial charge in [0.05, 0.1) is 24.5 Å². The van der Waals surface area contributed by atoms with Crippen LogP contribution >= 0.6 is 11.6 Å². The van der Waals surface area contributed by atoms with E-state index in [1.807, 2.05) is 4.90 Å². The van der Waals surface area contributed by atoms with Crippen LogP contribution in [0.15, 0.2) is 10.1 Å². The topological polar surface area (TPSA) is 130 Å². The maximum Gasteiger partial charge on any atom is 0.175 e. The van der Waals surface area contributed by atoms with Gasteiger partial charge in [0, 0.05) is 11.9 Å². The molecule has 1 aliphatic carbocycles. The fraction of sp³-hybridized carbons (Fsp3) is 0.889. The molecule has 0 aromatic rings. The van der Waals surface area contributed by atoms with Gasteiger partial charge in [0.15, 0.2) is 5.84 Å². The van der Waals surface area contributed by atoms with Gasteiger partial charge in [-0.1, -0.05) is 5.16 Å². The van der Waals surface area contributed by atoms with E-state index in [0.717, 1.165) is 25.7 Å². The molecule has 1 saturated carbocycles. The van der Waals surface area contributed by atoms with Crippen LogP contribution in [0.4, 0.5) is 0 Å². The number of aliphatic hydroxyl groups is 3. The van der Waals surface area contributed by atoms with Crippen LogP contribution in [0, 0.1) is 11.8 Å². The Hall–Kier alpha value is -0.970. The van der Waals surface area contributed by atoms with Crippen molar-refractivity contribution >= 4 is 23.8 Å². The Morgan fingerprint density at radius 3 is 2.75 bits per heavy atom. The minimum atomic E-state index is -1.59. The van der Waals surface area contributed by atoms with Crippen molar-refractivity contribution in [3.05, 3.63) is 0 Å². The summed E-state index contributed by atoms with van der Waals surface area (Å²) in [6, 6.07) is 0. The summed E-state index contributed by atoms with van der Waals surface area (Å²) in [6.07, 6.45) is 1.32. The number of nitrogens with one attached hydrogen (secondary N) is 1. The molecule has 10 heteroatoms. The molecule has 0 bridgehead atoms. The van der Waals surface area contributed by atoms with E-state index in [1.165, 1.54) is 13.3 Å². The Morgan fingerprint density at radius 1 is 1.36 bits per heavy atom. The Kier molecular flexibility index (Phi) is 5.58. The zero-order valence-corrected chi connectivity index (χ0v) is 16.6. The third-order valence-electron chi connectivity index (χ3n) is 6.87. The molecule has 5 N–H and O–H groups in total. The van der Waals surface area contributed by atoms with Crippen LogP contribution in [0.1, 0.15) is 39.0 Å². The highest BCUT2D eigenvalue weighted by molar-refractivity contribution is 6.20. The second-order valence-corrected chi connectivity index (χ2v) is 9.20. The standard InChI is InChI=1S/C18H29ClN4O5/c1-18(26)13(25)17(23-7-6-11-15(22-27)20-8-21-16(11)23)28-14(18)12(24)9-2-4-10(19)5-3-9/h8-14,16-17,24-27H,2-7H2,1H3,(H,20,21,22)/t9?,10?,11?,12-,13+,14-,16?,17-,18+/m1/s1. The number of amidine groups is 1. The minimum absolute atomic E-state index is 0.0168. The summed E-state index contributed by atoms with van der Waals surface area (Å²) in [6.45, 7) is 2.09. The lowest BCUT2D eigenvalue weighted by Gasteiger charge is -2.36. The van der Waals surface area contributed by atoms with Crippen molar-refractivity contribution < 1.29 is 25.3 Å². The Morgan fingerprint density at radius 2 is 2.07 bits per heavy atom. The average molecular weight is 417 g/mol. The van der Waals surface area contributed by atoms with Crippen molar-refractivity contribution in [2.45, 2.75) is 80.7 Å². The summed E-state index contributed by atoms with van der Waals surface area (Å²) in [5, 5.41) is 48.5. The number of hydrogen-bond acceptors (Lipinski definition) is 8. The molecule has 0 aromatic carbocycles. The van der Waals surface area contributed by atoms with Crippen molar-refractivity contribution in [2.24, 2.45) is 22.0 Å². The second-order valence-electron chi connectivity index (χ2n) is 8.58. The van der Waals surface area contributed by atoms with Crippen molar-refractivity contribution in [3.63, 3.8) is 0 Å². The lowest BCUT2D eigenvalue weighted by molar-refractivity contribution is -0.143. The lowest BCUT2D eigenvalue weighted by Crippen LogP contribution is -2.56. The van der Waals surface area contributed by atoms with Crippen LogP contribution in [-0.4, -0.2) is 85.8 Å². The van der Waals surface area contributed by atoms with E-state index < -0.39 is 30.1 Å². The van der Waals surface area contributed by atoms with Gasteiger partial charge in [0.25, 0.3) is 0 Å². The van der Waals surface area contributed by atoms with Crippen molar-refractivity contribution in [3.8, 4) is 0 Å². The summed E-state index contributed by atoms with van der Waals surface area (Å²) < 4.78 is 6.09. The summed E-state index contributed by atoms with van der Waals surface area (Å²) in [7, 11) is 0. The minimum Gasteiger partial charge on any atom is -0.409 e. The molecule has 2 unspecified atom stereocenters. The highest BCUT2D eigenvalue weighted by Gasteiger charge is 2.59. The summed E-state index contributed by atoms with van der Waals surface area (Å²) in [5.41, 5.74) is -1.59. The molecule has 0 aromatic heterocycles. The van der Waals surface area contributed by atoms with Gasteiger partial charge >= 0.3 is 0 Å². The number of rotatable bonds is 3. The molecule has 0 radical (unpaired) electrons. The number of fused-ring (bicyclic) bond motifs is 1. The van der Waals surface area contributed by atoms with Gasteiger partial charge in [-0.3, -0.25) is 4.90 Å². The van der Waals surface area contributed by atoms with E-state index in [4.69, 9.17) is 21.5 Å². The molecule has 2 saturated heterocycles. The van der Waals surface area contributed by atoms with Crippen molar-refractivity contribution in [1.82, 2.24) is 10.2 Å². The van der Waals surface area contributed by atoms with E-state index in [0.29, 0.717) is 18.8 Å². The number of likely N-dealkylation sites (tertiary alicyclic amines) is 1. The van der Waals surface area contributed by atoms with Crippen LogP contribution in [0.2, 0.25) is 0 Å². The predicted molar refractivity (Wildman–Crippen MR) is 102 cm³/mol. The first-order valence-electron chi connectivity index (χ1n) is 9.99. The monoisotopic (exact) mass is 416 g/mol. The van der Waals surface area contributed by atoms with Crippen LogP contribution in [-0.2, 0) is 4.74 Å². The van der Waals surface area contributed by atoms with Gasteiger partial charge in [0.2, 0.25) is 0 Å². The van der Waals surface area contributed by atoms with Crippen molar-refractivity contribution in [2.75, 3.05) is 6.54 Å². The first-order valence-corrected chi connectivity index (χ1v) is 10.4. The molecule has 3 heterocycles.